The summed E-state index contributed by atoms with van der Waals surface area (Å²) in [5, 5.41) is 13.1. The Morgan fingerprint density at radius 2 is 1.71 bits per heavy atom. The average Bonchev–Trinajstić information content (AvgIpc) is 2.32. The normalized spacial score (nSPS) is 16.2. The largest absolute Gasteiger partial charge is 0.444 e. The highest BCUT2D eigenvalue weighted by Crippen LogP contribution is 2.17. The monoisotopic (exact) mass is 301 g/mol. The molecule has 5 heteroatoms. The Balaban J connectivity index is 4.87. The fourth-order valence-electron chi connectivity index (χ4n) is 2.11. The van der Waals surface area contributed by atoms with Crippen molar-refractivity contribution < 1.29 is 19.4 Å². The molecule has 0 saturated heterocycles. The second kappa shape index (κ2) is 8.37. The number of aliphatic hydroxyl groups is 1. The Labute approximate surface area is 128 Å². The quantitative estimate of drug-likeness (QED) is 0.758. The second-order valence-electron chi connectivity index (χ2n) is 6.98. The molecule has 1 amide bonds. The Kier molecular flexibility index (Phi) is 7.93. The zero-order valence-electron chi connectivity index (χ0n) is 14.4. The third-order valence-electron chi connectivity index (χ3n) is 3.21. The van der Waals surface area contributed by atoms with Gasteiger partial charge in [-0.3, -0.25) is 4.79 Å². The minimum atomic E-state index is -0.910. The van der Waals surface area contributed by atoms with Crippen molar-refractivity contribution in [2.24, 2.45) is 11.8 Å². The maximum absolute atomic E-state index is 11.9. The number of rotatable bonds is 7. The first-order valence-electron chi connectivity index (χ1n) is 7.68. The molecule has 5 nitrogen and oxygen atoms in total. The predicted molar refractivity (Wildman–Crippen MR) is 83.1 cm³/mol. The van der Waals surface area contributed by atoms with Crippen LogP contribution in [0.2, 0.25) is 0 Å². The third-order valence-corrected chi connectivity index (χ3v) is 3.21. The maximum Gasteiger partial charge on any atom is 0.407 e. The molecule has 0 rings (SSSR count). The molecular formula is C16H31NO4. The van der Waals surface area contributed by atoms with Crippen LogP contribution in [-0.2, 0) is 9.53 Å². The minimum absolute atomic E-state index is 0.0118. The van der Waals surface area contributed by atoms with Crippen molar-refractivity contribution in [3.05, 3.63) is 0 Å². The number of ether oxygens (including phenoxy) is 1. The molecule has 21 heavy (non-hydrogen) atoms. The van der Waals surface area contributed by atoms with Crippen molar-refractivity contribution in [3.8, 4) is 0 Å². The number of amides is 1. The topological polar surface area (TPSA) is 75.6 Å². The van der Waals surface area contributed by atoms with Crippen LogP contribution in [-0.4, -0.2) is 34.7 Å². The molecule has 0 spiro atoms. The molecule has 0 saturated carbocycles. The van der Waals surface area contributed by atoms with Crippen LogP contribution in [0.3, 0.4) is 0 Å². The zero-order chi connectivity index (χ0) is 16.8. The van der Waals surface area contributed by atoms with Crippen molar-refractivity contribution in [2.75, 3.05) is 0 Å². The SMILES string of the molecule is CCC(=O)[C@H](C)[C@@H](O)[C@H](CC(C)C)NC(=O)OC(C)(C)C. The van der Waals surface area contributed by atoms with Gasteiger partial charge in [-0.15, -0.1) is 0 Å². The number of carbonyl (C=O) groups excluding carboxylic acids is 2. The van der Waals surface area contributed by atoms with E-state index in [-0.39, 0.29) is 11.7 Å². The number of alkyl carbamates (subject to hydrolysis) is 1. The molecule has 0 bridgehead atoms. The van der Waals surface area contributed by atoms with Crippen LogP contribution in [0.15, 0.2) is 0 Å². The maximum atomic E-state index is 11.9. The molecule has 0 aromatic heterocycles. The molecule has 0 aliphatic carbocycles. The number of ketones is 1. The Morgan fingerprint density at radius 1 is 1.19 bits per heavy atom. The van der Waals surface area contributed by atoms with E-state index in [2.05, 4.69) is 5.32 Å². The molecule has 0 heterocycles. The van der Waals surface area contributed by atoms with Crippen LogP contribution in [0.4, 0.5) is 4.79 Å². The van der Waals surface area contributed by atoms with Gasteiger partial charge < -0.3 is 15.2 Å². The molecule has 2 N–H and O–H groups in total. The van der Waals surface area contributed by atoms with Crippen LogP contribution >= 0.6 is 0 Å². The zero-order valence-corrected chi connectivity index (χ0v) is 14.4. The lowest BCUT2D eigenvalue weighted by molar-refractivity contribution is -0.126. The van der Waals surface area contributed by atoms with Gasteiger partial charge in [-0.2, -0.15) is 0 Å². The molecule has 0 radical (unpaired) electrons. The van der Waals surface area contributed by atoms with Crippen molar-refractivity contribution in [1.29, 1.82) is 0 Å². The molecule has 3 atom stereocenters. The van der Waals surface area contributed by atoms with E-state index >= 15 is 0 Å². The Morgan fingerprint density at radius 3 is 2.10 bits per heavy atom. The van der Waals surface area contributed by atoms with Crippen molar-refractivity contribution in [3.63, 3.8) is 0 Å². The summed E-state index contributed by atoms with van der Waals surface area (Å²) >= 11 is 0. The van der Waals surface area contributed by atoms with Crippen LogP contribution in [0.5, 0.6) is 0 Å². The van der Waals surface area contributed by atoms with Gasteiger partial charge in [-0.05, 0) is 33.1 Å². The van der Waals surface area contributed by atoms with Crippen LogP contribution in [0, 0.1) is 11.8 Å². The first-order chi connectivity index (χ1) is 9.47. The van der Waals surface area contributed by atoms with Gasteiger partial charge in [-0.1, -0.05) is 27.7 Å². The lowest BCUT2D eigenvalue weighted by Gasteiger charge is -2.30. The smallest absolute Gasteiger partial charge is 0.407 e. The number of hydrogen-bond acceptors (Lipinski definition) is 4. The van der Waals surface area contributed by atoms with Gasteiger partial charge >= 0.3 is 6.09 Å². The summed E-state index contributed by atoms with van der Waals surface area (Å²) in [6.07, 6.45) is -0.517. The van der Waals surface area contributed by atoms with Gasteiger partial charge in [0.2, 0.25) is 0 Å². The van der Waals surface area contributed by atoms with E-state index < -0.39 is 29.8 Å². The summed E-state index contributed by atoms with van der Waals surface area (Å²) in [4.78, 5) is 23.6. The highest BCUT2D eigenvalue weighted by molar-refractivity contribution is 5.81. The summed E-state index contributed by atoms with van der Waals surface area (Å²) in [6.45, 7) is 12.8. The minimum Gasteiger partial charge on any atom is -0.444 e. The molecule has 124 valence electrons. The number of carbonyl (C=O) groups is 2. The lowest BCUT2D eigenvalue weighted by Crippen LogP contribution is -2.49. The number of hydrogen-bond donors (Lipinski definition) is 2. The third kappa shape index (κ3) is 8.05. The van der Waals surface area contributed by atoms with E-state index in [1.165, 1.54) is 0 Å². The number of aliphatic hydroxyl groups excluding tert-OH is 1. The van der Waals surface area contributed by atoms with Crippen molar-refractivity contribution in [2.45, 2.75) is 79.1 Å². The predicted octanol–water partition coefficient (Wildman–Crippen LogP) is 2.90. The number of nitrogens with one attached hydrogen (secondary N) is 1. The van der Waals surface area contributed by atoms with Crippen LogP contribution in [0.25, 0.3) is 0 Å². The van der Waals surface area contributed by atoms with E-state index in [0.717, 1.165) is 0 Å². The highest BCUT2D eigenvalue weighted by Gasteiger charge is 2.31. The summed E-state index contributed by atoms with van der Waals surface area (Å²) < 4.78 is 5.22. The van der Waals surface area contributed by atoms with E-state index in [0.29, 0.717) is 12.8 Å². The average molecular weight is 301 g/mol. The fourth-order valence-corrected chi connectivity index (χ4v) is 2.11. The second-order valence-corrected chi connectivity index (χ2v) is 6.98. The molecule has 0 aliphatic heterocycles. The Bertz CT molecular complexity index is 347. The fraction of sp³-hybridized carbons (Fsp3) is 0.875. The summed E-state index contributed by atoms with van der Waals surface area (Å²) in [7, 11) is 0. The first kappa shape index (κ1) is 19.9. The van der Waals surface area contributed by atoms with Gasteiger partial charge in [0, 0.05) is 12.3 Å². The van der Waals surface area contributed by atoms with Gasteiger partial charge in [0.15, 0.2) is 0 Å². The summed E-state index contributed by atoms with van der Waals surface area (Å²) in [5.41, 5.74) is -0.595. The van der Waals surface area contributed by atoms with Crippen LogP contribution in [0.1, 0.15) is 61.3 Å². The van der Waals surface area contributed by atoms with Gasteiger partial charge in [0.05, 0.1) is 12.1 Å². The summed E-state index contributed by atoms with van der Waals surface area (Å²) in [6, 6.07) is -0.495. The van der Waals surface area contributed by atoms with E-state index in [9.17, 15) is 14.7 Å². The molecule has 0 aromatic rings. The van der Waals surface area contributed by atoms with Crippen molar-refractivity contribution >= 4 is 11.9 Å². The molecule has 0 aliphatic rings. The van der Waals surface area contributed by atoms with E-state index in [4.69, 9.17) is 4.74 Å². The van der Waals surface area contributed by atoms with Crippen LogP contribution < -0.4 is 5.32 Å². The Hall–Kier alpha value is -1.10. The standard InChI is InChI=1S/C16H31NO4/c1-8-13(18)11(4)14(19)12(9-10(2)3)17-15(20)21-16(5,6)7/h10-12,14,19H,8-9H2,1-7H3,(H,17,20)/t11-,12-,14+/m0/s1. The molecule has 0 unspecified atom stereocenters. The molecular weight excluding hydrogens is 270 g/mol. The van der Waals surface area contributed by atoms with E-state index in [1.54, 1.807) is 34.6 Å². The molecule has 0 aromatic carbocycles. The molecule has 0 fully saturated rings. The van der Waals surface area contributed by atoms with Crippen molar-refractivity contribution in [1.82, 2.24) is 5.32 Å². The first-order valence-corrected chi connectivity index (χ1v) is 7.68. The van der Waals surface area contributed by atoms with Gasteiger partial charge in [-0.25, -0.2) is 4.79 Å². The van der Waals surface area contributed by atoms with E-state index in [1.807, 2.05) is 13.8 Å². The number of Topliss-reactive ketones (excluding diaryl/α,β-unsaturated/α-hetero) is 1. The lowest BCUT2D eigenvalue weighted by atomic mass is 9.88. The van der Waals surface area contributed by atoms with Gasteiger partial charge in [0.25, 0.3) is 0 Å². The summed E-state index contributed by atoms with van der Waals surface area (Å²) in [5.74, 6) is -0.237. The van der Waals surface area contributed by atoms with Gasteiger partial charge in [0.1, 0.15) is 11.4 Å². The highest BCUT2D eigenvalue weighted by atomic mass is 16.6.